The van der Waals surface area contributed by atoms with Gasteiger partial charge >= 0.3 is 0 Å². The first-order valence-corrected chi connectivity index (χ1v) is 11.3. The minimum Gasteiger partial charge on any atom is -0.496 e. The number of carbonyl (C=O) groups excluding carboxylic acids is 1. The molecule has 0 radical (unpaired) electrons. The van der Waals surface area contributed by atoms with Crippen LogP contribution in [-0.2, 0) is 14.8 Å². The first-order chi connectivity index (χ1) is 13.8. The summed E-state index contributed by atoms with van der Waals surface area (Å²) in [5, 5.41) is 3.05. The lowest BCUT2D eigenvalue weighted by Crippen LogP contribution is -2.43. The van der Waals surface area contributed by atoms with Crippen molar-refractivity contribution in [3.63, 3.8) is 0 Å². The molecule has 1 aliphatic heterocycles. The zero-order chi connectivity index (χ0) is 21.0. The zero-order valence-electron chi connectivity index (χ0n) is 17.1. The molecule has 0 aliphatic carbocycles. The van der Waals surface area contributed by atoms with Crippen LogP contribution in [0.5, 0.6) is 5.75 Å². The summed E-state index contributed by atoms with van der Waals surface area (Å²) < 4.78 is 32.5. The maximum Gasteiger partial charge on any atom is 0.243 e. The molecule has 3 rings (SSSR count). The Balaban J connectivity index is 1.60. The summed E-state index contributed by atoms with van der Waals surface area (Å²) in [5.41, 5.74) is 1.94. The molecular formula is C22H28N2O4S. The van der Waals surface area contributed by atoms with E-state index in [1.165, 1.54) is 4.31 Å². The summed E-state index contributed by atoms with van der Waals surface area (Å²) in [5.74, 6) is 0.492. The largest absolute Gasteiger partial charge is 0.496 e. The number of ether oxygens (including phenoxy) is 1. The van der Waals surface area contributed by atoms with E-state index in [4.69, 9.17) is 4.74 Å². The van der Waals surface area contributed by atoms with Gasteiger partial charge in [-0.1, -0.05) is 35.9 Å². The molecule has 1 heterocycles. The molecule has 1 atom stereocenters. The molecule has 7 heteroatoms. The third-order valence-electron chi connectivity index (χ3n) is 5.45. The number of piperidine rings is 1. The molecule has 1 amide bonds. The number of aryl methyl sites for hydroxylation is 1. The number of nitrogens with one attached hydrogen (secondary N) is 1. The third-order valence-corrected chi connectivity index (χ3v) is 7.36. The number of rotatable bonds is 6. The number of sulfonamides is 1. The highest BCUT2D eigenvalue weighted by atomic mass is 32.2. The first-order valence-electron chi connectivity index (χ1n) is 9.83. The normalized spacial score (nSPS) is 16.9. The van der Waals surface area contributed by atoms with Crippen LogP contribution in [0.1, 0.15) is 36.9 Å². The van der Waals surface area contributed by atoms with Crippen molar-refractivity contribution in [1.29, 1.82) is 0 Å². The fraction of sp³-hybridized carbons (Fsp3) is 0.409. The molecule has 2 aromatic carbocycles. The summed E-state index contributed by atoms with van der Waals surface area (Å²) in [6.07, 6.45) is 1.02. The van der Waals surface area contributed by atoms with Gasteiger partial charge in [-0.3, -0.25) is 4.79 Å². The lowest BCUT2D eigenvalue weighted by atomic mass is 9.96. The Morgan fingerprint density at radius 1 is 1.10 bits per heavy atom. The Morgan fingerprint density at radius 3 is 2.34 bits per heavy atom. The van der Waals surface area contributed by atoms with E-state index in [0.717, 1.165) is 16.9 Å². The summed E-state index contributed by atoms with van der Waals surface area (Å²) in [4.78, 5) is 13.0. The summed E-state index contributed by atoms with van der Waals surface area (Å²) >= 11 is 0. The molecule has 0 spiro atoms. The maximum atomic E-state index is 12.8. The molecule has 0 bridgehead atoms. The quantitative estimate of drug-likeness (QED) is 0.784. The van der Waals surface area contributed by atoms with Gasteiger partial charge in [-0.25, -0.2) is 8.42 Å². The number of carbonyl (C=O) groups is 1. The molecule has 1 aliphatic rings. The number of methoxy groups -OCH3 is 1. The highest BCUT2D eigenvalue weighted by Crippen LogP contribution is 2.27. The molecule has 1 fully saturated rings. The van der Waals surface area contributed by atoms with Gasteiger partial charge in [-0.2, -0.15) is 4.31 Å². The van der Waals surface area contributed by atoms with Crippen molar-refractivity contribution in [2.75, 3.05) is 20.2 Å². The molecule has 156 valence electrons. The van der Waals surface area contributed by atoms with E-state index >= 15 is 0 Å². The summed E-state index contributed by atoms with van der Waals surface area (Å²) in [6.45, 7) is 4.54. The average molecular weight is 417 g/mol. The summed E-state index contributed by atoms with van der Waals surface area (Å²) in [6, 6.07) is 14.3. The lowest BCUT2D eigenvalue weighted by molar-refractivity contribution is -0.126. The highest BCUT2D eigenvalue weighted by molar-refractivity contribution is 7.89. The van der Waals surface area contributed by atoms with Crippen molar-refractivity contribution >= 4 is 15.9 Å². The van der Waals surface area contributed by atoms with Crippen molar-refractivity contribution < 1.29 is 17.9 Å². The van der Waals surface area contributed by atoms with Crippen molar-refractivity contribution in [2.24, 2.45) is 5.92 Å². The minimum absolute atomic E-state index is 0.0456. The number of hydrogen-bond donors (Lipinski definition) is 1. The van der Waals surface area contributed by atoms with Crippen molar-refractivity contribution in [3.05, 3.63) is 59.7 Å². The standard InChI is InChI=1S/C22H28N2O4S/c1-16-8-10-19(11-9-16)29(26,27)24-14-12-18(13-15-24)22(25)23-17(2)20-6-4-5-7-21(20)28-3/h4-11,17-18H,12-15H2,1-3H3,(H,23,25)/t17-/m1/s1. The topological polar surface area (TPSA) is 75.7 Å². The van der Waals surface area contributed by atoms with Crippen molar-refractivity contribution in [3.8, 4) is 5.75 Å². The van der Waals surface area contributed by atoms with Gasteiger partial charge in [0.25, 0.3) is 0 Å². The SMILES string of the molecule is COc1ccccc1[C@@H](C)NC(=O)C1CCN(S(=O)(=O)c2ccc(C)cc2)CC1. The summed E-state index contributed by atoms with van der Waals surface area (Å²) in [7, 11) is -1.91. The fourth-order valence-electron chi connectivity index (χ4n) is 3.65. The molecule has 0 aromatic heterocycles. The Bertz CT molecular complexity index is 949. The number of benzene rings is 2. The van der Waals surface area contributed by atoms with Crippen LogP contribution in [0.15, 0.2) is 53.4 Å². The van der Waals surface area contributed by atoms with Crippen LogP contribution in [0.2, 0.25) is 0 Å². The van der Waals surface area contributed by atoms with E-state index < -0.39 is 10.0 Å². The Morgan fingerprint density at radius 2 is 1.72 bits per heavy atom. The van der Waals surface area contributed by atoms with Gasteiger partial charge in [0.1, 0.15) is 5.75 Å². The number of amides is 1. The van der Waals surface area contributed by atoms with Crippen LogP contribution in [0.4, 0.5) is 0 Å². The van der Waals surface area contributed by atoms with Crippen LogP contribution in [0, 0.1) is 12.8 Å². The van der Waals surface area contributed by atoms with E-state index in [9.17, 15) is 13.2 Å². The van der Waals surface area contributed by atoms with E-state index in [0.29, 0.717) is 30.8 Å². The minimum atomic E-state index is -3.52. The predicted octanol–water partition coefficient (Wildman–Crippen LogP) is 3.28. The van der Waals surface area contributed by atoms with Crippen LogP contribution in [0.25, 0.3) is 0 Å². The van der Waals surface area contributed by atoms with Gasteiger partial charge in [0.15, 0.2) is 0 Å². The van der Waals surface area contributed by atoms with Crippen LogP contribution in [0.3, 0.4) is 0 Å². The van der Waals surface area contributed by atoms with Gasteiger partial charge in [-0.05, 0) is 44.9 Å². The number of para-hydroxylation sites is 1. The second-order valence-electron chi connectivity index (χ2n) is 7.46. The molecule has 2 aromatic rings. The monoisotopic (exact) mass is 416 g/mol. The molecule has 0 unspecified atom stereocenters. The highest BCUT2D eigenvalue weighted by Gasteiger charge is 2.32. The Hall–Kier alpha value is -2.38. The molecule has 1 saturated heterocycles. The van der Waals surface area contributed by atoms with Crippen LogP contribution < -0.4 is 10.1 Å². The molecular weight excluding hydrogens is 388 g/mol. The van der Waals surface area contributed by atoms with Gasteiger partial charge < -0.3 is 10.1 Å². The Kier molecular flexibility index (Phi) is 6.59. The second-order valence-corrected chi connectivity index (χ2v) is 9.40. The van der Waals surface area contributed by atoms with Crippen molar-refractivity contribution in [2.45, 2.75) is 37.6 Å². The number of hydrogen-bond acceptors (Lipinski definition) is 4. The number of nitrogens with zero attached hydrogens (tertiary/aromatic N) is 1. The van der Waals surface area contributed by atoms with Crippen molar-refractivity contribution in [1.82, 2.24) is 9.62 Å². The predicted molar refractivity (Wildman–Crippen MR) is 112 cm³/mol. The van der Waals surface area contributed by atoms with Gasteiger partial charge in [-0.15, -0.1) is 0 Å². The van der Waals surface area contributed by atoms with E-state index in [1.54, 1.807) is 31.4 Å². The molecule has 29 heavy (non-hydrogen) atoms. The van der Waals surface area contributed by atoms with E-state index in [1.807, 2.05) is 38.1 Å². The maximum absolute atomic E-state index is 12.8. The first kappa shape index (κ1) is 21.3. The van der Waals surface area contributed by atoms with Gasteiger partial charge in [0.05, 0.1) is 18.0 Å². The molecule has 1 N–H and O–H groups in total. The third kappa shape index (κ3) is 4.79. The molecule has 6 nitrogen and oxygen atoms in total. The van der Waals surface area contributed by atoms with Crippen LogP contribution >= 0.6 is 0 Å². The Labute approximate surface area is 172 Å². The smallest absolute Gasteiger partial charge is 0.243 e. The second kappa shape index (κ2) is 8.97. The fourth-order valence-corrected chi connectivity index (χ4v) is 5.12. The van der Waals surface area contributed by atoms with E-state index in [2.05, 4.69) is 5.32 Å². The van der Waals surface area contributed by atoms with Gasteiger partial charge in [0.2, 0.25) is 15.9 Å². The zero-order valence-corrected chi connectivity index (χ0v) is 17.9. The van der Waals surface area contributed by atoms with E-state index in [-0.39, 0.29) is 17.9 Å². The lowest BCUT2D eigenvalue weighted by Gasteiger charge is -2.31. The average Bonchev–Trinajstić information content (AvgIpc) is 2.74. The van der Waals surface area contributed by atoms with Gasteiger partial charge in [0, 0.05) is 24.6 Å². The molecule has 0 saturated carbocycles. The van der Waals surface area contributed by atoms with Crippen LogP contribution in [-0.4, -0.2) is 38.8 Å².